The lowest BCUT2D eigenvalue weighted by Crippen LogP contribution is -2.16. The topological polar surface area (TPSA) is 95.1 Å². The molecule has 7 nitrogen and oxygen atoms in total. The molecular weight excluding hydrogens is 393 g/mol. The van der Waals surface area contributed by atoms with Crippen molar-refractivity contribution in [2.45, 2.75) is 5.16 Å². The van der Waals surface area contributed by atoms with Gasteiger partial charge in [-0.05, 0) is 42.5 Å². The van der Waals surface area contributed by atoms with Crippen LogP contribution in [0.2, 0.25) is 5.02 Å². The highest BCUT2D eigenvalue weighted by Gasteiger charge is 2.15. The number of rotatable bonds is 6. The first-order chi connectivity index (χ1) is 13.0. The number of amides is 1. The van der Waals surface area contributed by atoms with Crippen molar-refractivity contribution >= 4 is 35.0 Å². The van der Waals surface area contributed by atoms with Crippen molar-refractivity contribution in [3.63, 3.8) is 0 Å². The second kappa shape index (κ2) is 8.28. The highest BCUT2D eigenvalue weighted by Crippen LogP contribution is 2.28. The highest BCUT2D eigenvalue weighted by molar-refractivity contribution is 7.99. The molecule has 1 aromatic heterocycles. The van der Waals surface area contributed by atoms with Gasteiger partial charge in [0, 0.05) is 10.6 Å². The van der Waals surface area contributed by atoms with Gasteiger partial charge in [-0.3, -0.25) is 4.79 Å². The Morgan fingerprint density at radius 2 is 2.04 bits per heavy atom. The first-order valence-electron chi connectivity index (χ1n) is 7.70. The minimum atomic E-state index is -0.357. The van der Waals surface area contributed by atoms with Crippen molar-refractivity contribution in [1.29, 1.82) is 0 Å². The second-order valence-corrected chi connectivity index (χ2v) is 6.74. The normalized spacial score (nSPS) is 10.6. The fourth-order valence-electron chi connectivity index (χ4n) is 2.27. The van der Waals surface area contributed by atoms with Crippen molar-refractivity contribution in [3.05, 3.63) is 53.3 Å². The predicted molar refractivity (Wildman–Crippen MR) is 103 cm³/mol. The first-order valence-corrected chi connectivity index (χ1v) is 9.07. The van der Waals surface area contributed by atoms with E-state index in [4.69, 9.17) is 22.2 Å². The molecule has 10 heteroatoms. The number of carbonyl (C=O) groups is 1. The summed E-state index contributed by atoms with van der Waals surface area (Å²) < 4.78 is 19.5. The Morgan fingerprint density at radius 1 is 1.30 bits per heavy atom. The molecule has 0 aliphatic heterocycles. The van der Waals surface area contributed by atoms with Gasteiger partial charge in [0.15, 0.2) is 5.82 Å². The molecule has 0 saturated carbocycles. The summed E-state index contributed by atoms with van der Waals surface area (Å²) in [6, 6.07) is 10.6. The number of nitrogen functional groups attached to an aromatic ring is 1. The fraction of sp³-hybridized carbons (Fsp3) is 0.118. The van der Waals surface area contributed by atoms with Crippen LogP contribution < -0.4 is 15.9 Å². The van der Waals surface area contributed by atoms with E-state index in [-0.39, 0.29) is 17.5 Å². The minimum Gasteiger partial charge on any atom is -0.495 e. The number of benzene rings is 2. The molecule has 0 radical (unpaired) electrons. The number of nitrogens with zero attached hydrogens (tertiary/aromatic N) is 3. The van der Waals surface area contributed by atoms with Gasteiger partial charge < -0.3 is 15.9 Å². The lowest BCUT2D eigenvalue weighted by Gasteiger charge is -2.10. The van der Waals surface area contributed by atoms with E-state index in [1.165, 1.54) is 23.9 Å². The standard InChI is InChI=1S/C17H15ClFN5O2S/c1-26-14-7-4-11(18)8-13(14)21-15(25)9-27-17-23-22-16(24(17)20)10-2-5-12(19)6-3-10/h2-8H,9,20H2,1H3,(H,21,25). The van der Waals surface area contributed by atoms with E-state index < -0.39 is 0 Å². The summed E-state index contributed by atoms with van der Waals surface area (Å²) in [5.41, 5.74) is 1.09. The molecule has 0 aliphatic carbocycles. The molecule has 0 aliphatic rings. The molecule has 0 atom stereocenters. The Bertz CT molecular complexity index is 964. The summed E-state index contributed by atoms with van der Waals surface area (Å²) >= 11 is 7.06. The van der Waals surface area contributed by atoms with E-state index in [2.05, 4.69) is 15.5 Å². The molecule has 0 saturated heterocycles. The van der Waals surface area contributed by atoms with Gasteiger partial charge in [-0.2, -0.15) is 0 Å². The van der Waals surface area contributed by atoms with Crippen LogP contribution in [0, 0.1) is 5.82 Å². The van der Waals surface area contributed by atoms with Crippen molar-refractivity contribution in [2.24, 2.45) is 0 Å². The van der Waals surface area contributed by atoms with Crippen LogP contribution in [0.15, 0.2) is 47.6 Å². The lowest BCUT2D eigenvalue weighted by molar-refractivity contribution is -0.113. The number of thioether (sulfide) groups is 1. The maximum atomic E-state index is 13.0. The molecule has 27 heavy (non-hydrogen) atoms. The molecule has 140 valence electrons. The van der Waals surface area contributed by atoms with Gasteiger partial charge in [-0.25, -0.2) is 9.07 Å². The van der Waals surface area contributed by atoms with Crippen LogP contribution in [0.5, 0.6) is 5.75 Å². The number of anilines is 1. The number of methoxy groups -OCH3 is 1. The summed E-state index contributed by atoms with van der Waals surface area (Å²) in [5.74, 6) is 6.26. The SMILES string of the molecule is COc1ccc(Cl)cc1NC(=O)CSc1nnc(-c2ccc(F)cc2)n1N. The average Bonchev–Trinajstić information content (AvgIpc) is 3.01. The van der Waals surface area contributed by atoms with E-state index in [1.807, 2.05) is 0 Å². The number of ether oxygens (including phenoxy) is 1. The molecular formula is C17H15ClFN5O2S. The van der Waals surface area contributed by atoms with Crippen LogP contribution in [-0.4, -0.2) is 33.6 Å². The van der Waals surface area contributed by atoms with Gasteiger partial charge >= 0.3 is 0 Å². The maximum Gasteiger partial charge on any atom is 0.234 e. The number of nitrogens with one attached hydrogen (secondary N) is 1. The first kappa shape index (κ1) is 19.0. The molecule has 1 heterocycles. The van der Waals surface area contributed by atoms with E-state index in [1.54, 1.807) is 30.3 Å². The molecule has 1 amide bonds. The summed E-state index contributed by atoms with van der Waals surface area (Å²) in [6.07, 6.45) is 0. The quantitative estimate of drug-likeness (QED) is 0.481. The number of aromatic nitrogens is 3. The molecule has 0 bridgehead atoms. The van der Waals surface area contributed by atoms with E-state index in [0.29, 0.717) is 33.0 Å². The van der Waals surface area contributed by atoms with Crippen LogP contribution in [0.3, 0.4) is 0 Å². The number of carbonyl (C=O) groups excluding carboxylic acids is 1. The van der Waals surface area contributed by atoms with E-state index in [9.17, 15) is 9.18 Å². The Hall–Kier alpha value is -2.78. The minimum absolute atomic E-state index is 0.0500. The Labute approximate surface area is 163 Å². The zero-order valence-electron chi connectivity index (χ0n) is 14.1. The number of hydrogen-bond acceptors (Lipinski definition) is 6. The monoisotopic (exact) mass is 407 g/mol. The molecule has 3 N–H and O–H groups in total. The molecule has 0 fully saturated rings. The molecule has 3 rings (SSSR count). The van der Waals surface area contributed by atoms with Crippen LogP contribution in [0.1, 0.15) is 0 Å². The van der Waals surface area contributed by atoms with Crippen LogP contribution >= 0.6 is 23.4 Å². The van der Waals surface area contributed by atoms with Crippen LogP contribution in [0.25, 0.3) is 11.4 Å². The Morgan fingerprint density at radius 3 is 2.74 bits per heavy atom. The van der Waals surface area contributed by atoms with Gasteiger partial charge in [-0.15, -0.1) is 10.2 Å². The highest BCUT2D eigenvalue weighted by atomic mass is 35.5. The summed E-state index contributed by atoms with van der Waals surface area (Å²) in [4.78, 5) is 12.2. The van der Waals surface area contributed by atoms with Crippen molar-refractivity contribution in [3.8, 4) is 17.1 Å². The van der Waals surface area contributed by atoms with Gasteiger partial charge in [-0.1, -0.05) is 23.4 Å². The van der Waals surface area contributed by atoms with Gasteiger partial charge in [0.05, 0.1) is 18.6 Å². The third kappa shape index (κ3) is 4.50. The summed E-state index contributed by atoms with van der Waals surface area (Å²) in [7, 11) is 1.50. The molecule has 0 spiro atoms. The van der Waals surface area contributed by atoms with Gasteiger partial charge in [0.1, 0.15) is 11.6 Å². The predicted octanol–water partition coefficient (Wildman–Crippen LogP) is 3.19. The largest absolute Gasteiger partial charge is 0.495 e. The van der Waals surface area contributed by atoms with Crippen molar-refractivity contribution < 1.29 is 13.9 Å². The molecule has 0 unspecified atom stereocenters. The smallest absolute Gasteiger partial charge is 0.234 e. The Balaban J connectivity index is 1.66. The average molecular weight is 408 g/mol. The number of hydrogen-bond donors (Lipinski definition) is 2. The third-order valence-corrected chi connectivity index (χ3v) is 4.71. The van der Waals surface area contributed by atoms with Crippen molar-refractivity contribution in [1.82, 2.24) is 14.9 Å². The van der Waals surface area contributed by atoms with E-state index in [0.717, 1.165) is 11.8 Å². The third-order valence-electron chi connectivity index (χ3n) is 3.53. The zero-order valence-corrected chi connectivity index (χ0v) is 15.7. The van der Waals surface area contributed by atoms with Crippen LogP contribution in [0.4, 0.5) is 10.1 Å². The molecule has 2 aromatic carbocycles. The molecule has 3 aromatic rings. The van der Waals surface area contributed by atoms with Gasteiger partial charge in [0.25, 0.3) is 0 Å². The Kier molecular flexibility index (Phi) is 5.82. The summed E-state index contributed by atoms with van der Waals surface area (Å²) in [5, 5.41) is 11.5. The number of halogens is 2. The second-order valence-electron chi connectivity index (χ2n) is 5.36. The number of nitrogens with two attached hydrogens (primary N) is 1. The summed E-state index contributed by atoms with van der Waals surface area (Å²) in [6.45, 7) is 0. The van der Waals surface area contributed by atoms with Gasteiger partial charge in [0.2, 0.25) is 11.1 Å². The fourth-order valence-corrected chi connectivity index (χ4v) is 3.09. The van der Waals surface area contributed by atoms with E-state index >= 15 is 0 Å². The van der Waals surface area contributed by atoms with Crippen LogP contribution in [-0.2, 0) is 4.79 Å². The zero-order chi connectivity index (χ0) is 19.4. The lowest BCUT2D eigenvalue weighted by atomic mass is 10.2. The maximum absolute atomic E-state index is 13.0. The van der Waals surface area contributed by atoms with Crippen molar-refractivity contribution in [2.75, 3.05) is 24.0 Å².